The van der Waals surface area contributed by atoms with Crippen molar-refractivity contribution >= 4 is 41.3 Å². The topological polar surface area (TPSA) is 135 Å². The molecule has 0 spiro atoms. The fourth-order valence-electron chi connectivity index (χ4n) is 8.01. The molecule has 0 bridgehead atoms. The minimum Gasteiger partial charge on any atom is -0.506 e. The highest BCUT2D eigenvalue weighted by atomic mass is 35.5. The van der Waals surface area contributed by atoms with Crippen LogP contribution < -0.4 is 5.32 Å². The number of para-hydroxylation sites is 1. The summed E-state index contributed by atoms with van der Waals surface area (Å²) in [6, 6.07) is 11.1. The minimum absolute atomic E-state index is 0.0183. The second kappa shape index (κ2) is 20.4. The van der Waals surface area contributed by atoms with Crippen LogP contribution in [-0.4, -0.2) is 146 Å². The van der Waals surface area contributed by atoms with Gasteiger partial charge in [-0.15, -0.1) is 0 Å². The summed E-state index contributed by atoms with van der Waals surface area (Å²) < 4.78 is 11.3. The number of ether oxygens (including phenoxy) is 2. The van der Waals surface area contributed by atoms with Gasteiger partial charge >= 0.3 is 18.1 Å². The third-order valence-corrected chi connectivity index (χ3v) is 12.0. The number of benzene rings is 2. The Morgan fingerprint density at radius 3 is 2.41 bits per heavy atom. The van der Waals surface area contributed by atoms with Gasteiger partial charge in [0.05, 0.1) is 11.4 Å². The van der Waals surface area contributed by atoms with E-state index in [1.165, 1.54) is 0 Å². The number of aryl methyl sites for hydroxylation is 1. The van der Waals surface area contributed by atoms with Gasteiger partial charge in [-0.2, -0.15) is 0 Å². The Morgan fingerprint density at radius 1 is 1.00 bits per heavy atom. The van der Waals surface area contributed by atoms with E-state index < -0.39 is 12.2 Å². The number of nitrogens with one attached hydrogen (secondary N) is 1. The second-order valence-electron chi connectivity index (χ2n) is 16.0. The van der Waals surface area contributed by atoms with Crippen LogP contribution in [0.15, 0.2) is 36.4 Å². The number of carbonyl (C=O) groups excluding carboxylic acids is 4. The molecule has 2 aromatic rings. The molecule has 3 aliphatic rings. The lowest BCUT2D eigenvalue weighted by molar-refractivity contribution is -0.144. The number of hydrogen-bond acceptors (Lipinski definition) is 9. The van der Waals surface area contributed by atoms with Gasteiger partial charge in [0.15, 0.2) is 6.10 Å². The molecule has 0 radical (unpaired) electrons. The molecular formula is C42H61ClN6O7. The van der Waals surface area contributed by atoms with E-state index in [1.807, 2.05) is 48.2 Å². The van der Waals surface area contributed by atoms with Gasteiger partial charge in [0.2, 0.25) is 0 Å². The molecular weight excluding hydrogens is 736 g/mol. The molecule has 14 heteroatoms. The summed E-state index contributed by atoms with van der Waals surface area (Å²) in [5.41, 5.74) is 3.19. The number of hydrogen-bond donors (Lipinski definition) is 2. The van der Waals surface area contributed by atoms with Crippen LogP contribution >= 0.6 is 11.6 Å². The number of piperidine rings is 2. The van der Waals surface area contributed by atoms with Gasteiger partial charge in [0.1, 0.15) is 12.4 Å². The first-order valence-corrected chi connectivity index (χ1v) is 20.5. The molecule has 3 aliphatic heterocycles. The van der Waals surface area contributed by atoms with E-state index in [0.29, 0.717) is 88.1 Å². The van der Waals surface area contributed by atoms with Gasteiger partial charge in [-0.1, -0.05) is 42.8 Å². The lowest BCUT2D eigenvalue weighted by atomic mass is 9.83. The number of halogens is 1. The molecule has 2 fully saturated rings. The van der Waals surface area contributed by atoms with Gasteiger partial charge in [0, 0.05) is 64.5 Å². The summed E-state index contributed by atoms with van der Waals surface area (Å²) in [6.07, 6.45) is 3.67. The first-order chi connectivity index (χ1) is 26.8. The van der Waals surface area contributed by atoms with Crippen LogP contribution in [0.25, 0.3) is 0 Å². The maximum atomic E-state index is 14.0. The quantitative estimate of drug-likeness (QED) is 0.220. The van der Waals surface area contributed by atoms with Crippen molar-refractivity contribution in [3.8, 4) is 5.75 Å². The van der Waals surface area contributed by atoms with Crippen LogP contribution in [0.3, 0.4) is 0 Å². The zero-order chi connectivity index (χ0) is 40.4. The normalized spacial score (nSPS) is 18.2. The number of likely N-dealkylation sites (N-methyl/N-ethyl adjacent to an activating group) is 2. The van der Waals surface area contributed by atoms with Crippen LogP contribution in [0, 0.1) is 18.8 Å². The first kappa shape index (κ1) is 43.1. The number of anilines is 1. The van der Waals surface area contributed by atoms with Crippen molar-refractivity contribution in [2.45, 2.75) is 77.4 Å². The molecule has 4 amide bonds. The van der Waals surface area contributed by atoms with E-state index in [9.17, 15) is 24.3 Å². The van der Waals surface area contributed by atoms with E-state index in [1.54, 1.807) is 35.9 Å². The average molecular weight is 797 g/mol. The second-order valence-corrected chi connectivity index (χ2v) is 16.5. The molecule has 13 nitrogen and oxygen atoms in total. The molecule has 2 atom stereocenters. The smallest absolute Gasteiger partial charge is 0.410 e. The molecule has 1 unspecified atom stereocenters. The van der Waals surface area contributed by atoms with Crippen LogP contribution in [-0.2, 0) is 31.9 Å². The number of carbonyl (C=O) groups is 4. The summed E-state index contributed by atoms with van der Waals surface area (Å²) in [5, 5.41) is 13.5. The zero-order valence-electron chi connectivity index (χ0n) is 33.8. The number of likely N-dealkylation sites (tertiary alicyclic amines) is 2. The van der Waals surface area contributed by atoms with Gasteiger partial charge in [-0.3, -0.25) is 9.59 Å². The van der Waals surface area contributed by atoms with Crippen LogP contribution in [0.2, 0.25) is 5.02 Å². The minimum atomic E-state index is -1.09. The van der Waals surface area contributed by atoms with E-state index >= 15 is 0 Å². The summed E-state index contributed by atoms with van der Waals surface area (Å²) in [5.74, 6) is 0.421. The molecule has 3 heterocycles. The van der Waals surface area contributed by atoms with Crippen LogP contribution in [0.5, 0.6) is 5.75 Å². The Labute approximate surface area is 337 Å². The third-order valence-electron chi connectivity index (χ3n) is 11.7. The van der Waals surface area contributed by atoms with Gasteiger partial charge in [-0.25, -0.2) is 9.59 Å². The van der Waals surface area contributed by atoms with E-state index in [2.05, 4.69) is 17.1 Å². The standard InChI is InChI=1S/C42H61ClN6O7/c1-29(32-11-18-47(19-12-32)20-16-38(50)55-25-24-45(3)4)10-17-46(5)40(52)37(28-31-26-30(2)39(51)35(43)27-31)56-42(54)48-21-14-34(15-22-48)49-23-13-33-8-6-7-9-36(33)44-41(49)53/h6-9,26-27,29,32,34,37,51H,10-25,28H2,1-5H3,(H,44,53)/t29?,37-/m1/s1. The molecule has 5 rings (SSSR count). The van der Waals surface area contributed by atoms with Crippen molar-refractivity contribution in [2.24, 2.45) is 11.8 Å². The van der Waals surface area contributed by atoms with Crippen molar-refractivity contribution in [3.63, 3.8) is 0 Å². The average Bonchev–Trinajstić information content (AvgIpc) is 3.35. The van der Waals surface area contributed by atoms with Crippen molar-refractivity contribution in [1.82, 2.24) is 24.5 Å². The van der Waals surface area contributed by atoms with E-state index in [4.69, 9.17) is 21.1 Å². The molecule has 308 valence electrons. The number of nitrogens with zero attached hydrogens (tertiary/aromatic N) is 5. The number of phenols is 1. The van der Waals surface area contributed by atoms with Gasteiger partial charge < -0.3 is 44.4 Å². The number of rotatable bonds is 15. The number of aromatic hydroxyl groups is 1. The maximum absolute atomic E-state index is 14.0. The predicted octanol–water partition coefficient (Wildman–Crippen LogP) is 5.65. The maximum Gasteiger partial charge on any atom is 0.410 e. The number of esters is 1. The molecule has 2 saturated heterocycles. The summed E-state index contributed by atoms with van der Waals surface area (Å²) in [7, 11) is 5.65. The lowest BCUT2D eigenvalue weighted by Crippen LogP contribution is -2.51. The molecule has 2 N–H and O–H groups in total. The third kappa shape index (κ3) is 12.0. The molecule has 0 saturated carbocycles. The highest BCUT2D eigenvalue weighted by Crippen LogP contribution is 2.31. The number of amides is 4. The number of fused-ring (bicyclic) bond motifs is 1. The van der Waals surface area contributed by atoms with Crippen molar-refractivity contribution in [2.75, 3.05) is 85.4 Å². The lowest BCUT2D eigenvalue weighted by Gasteiger charge is -2.38. The highest BCUT2D eigenvalue weighted by Gasteiger charge is 2.35. The predicted molar refractivity (Wildman–Crippen MR) is 217 cm³/mol. The Kier molecular flexibility index (Phi) is 15.7. The van der Waals surface area contributed by atoms with Crippen LogP contribution in [0.1, 0.15) is 62.1 Å². The van der Waals surface area contributed by atoms with Crippen molar-refractivity contribution in [1.29, 1.82) is 0 Å². The van der Waals surface area contributed by atoms with Crippen LogP contribution in [0.4, 0.5) is 15.3 Å². The summed E-state index contributed by atoms with van der Waals surface area (Å²) in [4.78, 5) is 62.4. The summed E-state index contributed by atoms with van der Waals surface area (Å²) in [6.45, 7) is 9.57. The Balaban J connectivity index is 1.12. The fraction of sp³-hybridized carbons (Fsp3) is 0.619. The zero-order valence-corrected chi connectivity index (χ0v) is 34.6. The highest BCUT2D eigenvalue weighted by molar-refractivity contribution is 6.32. The molecule has 0 aliphatic carbocycles. The first-order valence-electron chi connectivity index (χ1n) is 20.2. The Bertz CT molecular complexity index is 1640. The Hall–Kier alpha value is -4.07. The largest absolute Gasteiger partial charge is 0.506 e. The molecule has 56 heavy (non-hydrogen) atoms. The monoisotopic (exact) mass is 796 g/mol. The number of urea groups is 1. The van der Waals surface area contributed by atoms with Gasteiger partial charge in [0.25, 0.3) is 5.91 Å². The fourth-order valence-corrected chi connectivity index (χ4v) is 8.30. The SMILES string of the molecule is Cc1cc(C[C@@H](OC(=O)N2CCC(N3CCc4ccccc4NC3=O)CC2)C(=O)N(C)CCC(C)C2CCN(CCC(=O)OCCN(C)C)CC2)cc(Cl)c1O. The Morgan fingerprint density at radius 2 is 1.71 bits per heavy atom. The van der Waals surface area contributed by atoms with Crippen molar-refractivity contribution in [3.05, 3.63) is 58.1 Å². The van der Waals surface area contributed by atoms with Crippen molar-refractivity contribution < 1.29 is 33.8 Å². The number of phenolic OH excluding ortho intramolecular Hbond substituents is 1. The van der Waals surface area contributed by atoms with E-state index in [0.717, 1.165) is 50.0 Å². The van der Waals surface area contributed by atoms with E-state index in [-0.39, 0.29) is 41.1 Å². The summed E-state index contributed by atoms with van der Waals surface area (Å²) >= 11 is 6.30. The van der Waals surface area contributed by atoms with Gasteiger partial charge in [-0.05, 0) is 113 Å². The molecule has 2 aromatic carbocycles. The molecule has 0 aromatic heterocycles.